The molecule has 0 spiro atoms. The van der Waals surface area contributed by atoms with Gasteiger partial charge in [-0.05, 0) is 41.5 Å². The molecular weight excluding hydrogens is 429 g/mol. The molecule has 0 saturated carbocycles. The van der Waals surface area contributed by atoms with Gasteiger partial charge in [-0.2, -0.15) is 0 Å². The van der Waals surface area contributed by atoms with Gasteiger partial charge in [-0.15, -0.1) is 0 Å². The first kappa shape index (κ1) is 18.4. The van der Waals surface area contributed by atoms with Crippen LogP contribution in [0.25, 0.3) is 0 Å². The van der Waals surface area contributed by atoms with Gasteiger partial charge in [0.2, 0.25) is 0 Å². The third-order valence-electron chi connectivity index (χ3n) is 2.02. The maximum atomic E-state index is 4.48. The molecule has 0 N–H and O–H groups in total. The van der Waals surface area contributed by atoms with Gasteiger partial charge in [-0.1, -0.05) is 18.2 Å². The summed E-state index contributed by atoms with van der Waals surface area (Å²) in [6.07, 6.45) is 3.74. The monoisotopic (exact) mass is 456 g/mol. The van der Waals surface area contributed by atoms with Gasteiger partial charge in [-0.3, -0.25) is 9.98 Å². The van der Waals surface area contributed by atoms with Crippen molar-refractivity contribution in [3.05, 3.63) is 35.4 Å². The average Bonchev–Trinajstić information content (AvgIpc) is 2.22. The Morgan fingerprint density at radius 3 is 1.58 bits per heavy atom. The Bertz CT molecular complexity index is 419. The van der Waals surface area contributed by atoms with Gasteiger partial charge < -0.3 is 0 Å². The Kier molecular flexibility index (Phi) is 7.07. The maximum absolute atomic E-state index is 4.48. The molecule has 0 aliphatic rings. The zero-order valence-corrected chi connectivity index (χ0v) is 16.2. The zero-order valence-electron chi connectivity index (χ0n) is 12.7. The Morgan fingerprint density at radius 2 is 1.26 bits per heavy atom. The first-order valence-electron chi connectivity index (χ1n) is 6.28. The van der Waals surface area contributed by atoms with Crippen molar-refractivity contribution in [3.8, 4) is 0 Å². The fourth-order valence-electron chi connectivity index (χ4n) is 1.18. The van der Waals surface area contributed by atoms with E-state index in [-0.39, 0.29) is 40.1 Å². The molecule has 0 aliphatic carbocycles. The fraction of sp³-hybridized carbons (Fsp3) is 0.500. The van der Waals surface area contributed by atoms with Crippen molar-refractivity contribution in [2.45, 2.75) is 52.6 Å². The van der Waals surface area contributed by atoms with E-state index in [1.807, 2.05) is 30.6 Å². The number of benzene rings is 1. The van der Waals surface area contributed by atoms with Crippen LogP contribution in [0.3, 0.4) is 0 Å². The van der Waals surface area contributed by atoms with Crippen LogP contribution in [-0.2, 0) is 0 Å². The second-order valence-corrected chi connectivity index (χ2v) is 6.42. The molecule has 1 aromatic rings. The minimum Gasteiger partial charge on any atom is -0.287 e. The standard InChI is InChI=1S/C16H23N2.Bi.2H2/c1-15(2,3)17-11-13-8-7-9-14(10-13)12-18-16(4,5)6;;;/h7-9,11-12H,1-6H3;;2*1H. The number of hydrogen-bond donors (Lipinski definition) is 0. The number of rotatable bonds is 2. The SMILES string of the molecule is CC(C)(C)N=Cc1[c]c(C=NC(C)(C)C)ccc1.[Bi].[HH].[HH]. The molecule has 0 aliphatic heterocycles. The van der Waals surface area contributed by atoms with Gasteiger partial charge in [0.1, 0.15) is 0 Å². The molecule has 0 amide bonds. The fourth-order valence-corrected chi connectivity index (χ4v) is 1.18. The molecule has 19 heavy (non-hydrogen) atoms. The molecule has 0 aromatic heterocycles. The predicted molar refractivity (Wildman–Crippen MR) is 90.0 cm³/mol. The number of aliphatic imine (C=N–C) groups is 2. The van der Waals surface area contributed by atoms with E-state index in [1.54, 1.807) is 0 Å². The summed E-state index contributed by atoms with van der Waals surface area (Å²) < 4.78 is 0. The summed E-state index contributed by atoms with van der Waals surface area (Å²) in [6, 6.07) is 9.30. The van der Waals surface area contributed by atoms with E-state index in [4.69, 9.17) is 0 Å². The first-order valence-corrected chi connectivity index (χ1v) is 6.28. The van der Waals surface area contributed by atoms with E-state index in [2.05, 4.69) is 57.6 Å². The Labute approximate surface area is 139 Å². The minimum absolute atomic E-state index is 0. The van der Waals surface area contributed by atoms with Crippen molar-refractivity contribution < 1.29 is 2.85 Å². The molecule has 0 atom stereocenters. The maximum Gasteiger partial charge on any atom is 0.0524 e. The molecule has 3 heteroatoms. The summed E-state index contributed by atoms with van der Waals surface area (Å²) in [4.78, 5) is 8.95. The van der Waals surface area contributed by atoms with Crippen molar-refractivity contribution >= 4 is 38.6 Å². The van der Waals surface area contributed by atoms with Crippen LogP contribution in [0.1, 0.15) is 55.5 Å². The molecule has 4 radical (unpaired) electrons. The summed E-state index contributed by atoms with van der Waals surface area (Å²) >= 11 is 0. The van der Waals surface area contributed by atoms with Crippen LogP contribution in [0.2, 0.25) is 0 Å². The van der Waals surface area contributed by atoms with E-state index in [0.717, 1.165) is 11.1 Å². The normalized spacial score (nSPS) is 12.9. The molecular formula is C16H27BiN2. The van der Waals surface area contributed by atoms with Crippen LogP contribution in [0.4, 0.5) is 0 Å². The second-order valence-electron chi connectivity index (χ2n) is 6.42. The van der Waals surface area contributed by atoms with Gasteiger partial charge in [-0.25, -0.2) is 0 Å². The molecule has 0 unspecified atom stereocenters. The van der Waals surface area contributed by atoms with Gasteiger partial charge in [0.25, 0.3) is 0 Å². The van der Waals surface area contributed by atoms with Gasteiger partial charge in [0, 0.05) is 58.7 Å². The Morgan fingerprint density at radius 1 is 0.895 bits per heavy atom. The summed E-state index contributed by atoms with van der Waals surface area (Å²) in [5.74, 6) is 0. The molecule has 0 fully saturated rings. The van der Waals surface area contributed by atoms with Crippen LogP contribution in [-0.4, -0.2) is 49.7 Å². The van der Waals surface area contributed by atoms with Crippen molar-refractivity contribution in [1.82, 2.24) is 0 Å². The van der Waals surface area contributed by atoms with Crippen LogP contribution in [0, 0.1) is 6.07 Å². The quantitative estimate of drug-likeness (QED) is 0.474. The van der Waals surface area contributed by atoms with Gasteiger partial charge in [0.05, 0.1) is 11.1 Å². The number of hydrogen-bond acceptors (Lipinski definition) is 2. The van der Waals surface area contributed by atoms with E-state index in [1.165, 1.54) is 0 Å². The molecule has 0 saturated heterocycles. The van der Waals surface area contributed by atoms with Crippen LogP contribution < -0.4 is 0 Å². The molecule has 0 heterocycles. The average molecular weight is 456 g/mol. The second kappa shape index (κ2) is 7.29. The third kappa shape index (κ3) is 9.05. The molecule has 2 nitrogen and oxygen atoms in total. The van der Waals surface area contributed by atoms with Crippen molar-refractivity contribution in [2.24, 2.45) is 9.98 Å². The Hall–Kier alpha value is -0.557. The van der Waals surface area contributed by atoms with E-state index in [0.29, 0.717) is 0 Å². The molecule has 1 rings (SSSR count). The first-order chi connectivity index (χ1) is 8.16. The Balaban J connectivity index is -0.00000108. The topological polar surface area (TPSA) is 24.7 Å². The van der Waals surface area contributed by atoms with Crippen molar-refractivity contribution in [3.63, 3.8) is 0 Å². The zero-order chi connectivity index (χ0) is 13.8. The van der Waals surface area contributed by atoms with Gasteiger partial charge in [0.15, 0.2) is 0 Å². The van der Waals surface area contributed by atoms with E-state index >= 15 is 0 Å². The molecule has 1 aromatic carbocycles. The van der Waals surface area contributed by atoms with Crippen LogP contribution in [0.5, 0.6) is 0 Å². The summed E-state index contributed by atoms with van der Waals surface area (Å²) in [5.41, 5.74) is 1.87. The van der Waals surface area contributed by atoms with Crippen LogP contribution in [0.15, 0.2) is 28.2 Å². The third-order valence-corrected chi connectivity index (χ3v) is 2.02. The van der Waals surface area contributed by atoms with Gasteiger partial charge >= 0.3 is 0 Å². The number of nitrogens with zero attached hydrogens (tertiary/aromatic N) is 2. The van der Waals surface area contributed by atoms with E-state index < -0.39 is 0 Å². The summed E-state index contributed by atoms with van der Waals surface area (Å²) in [6.45, 7) is 12.5. The van der Waals surface area contributed by atoms with Crippen molar-refractivity contribution in [1.29, 1.82) is 0 Å². The summed E-state index contributed by atoms with van der Waals surface area (Å²) in [7, 11) is 0. The van der Waals surface area contributed by atoms with E-state index in [9.17, 15) is 0 Å². The molecule has 0 bridgehead atoms. The smallest absolute Gasteiger partial charge is 0.0524 e. The molecule has 106 valence electrons. The van der Waals surface area contributed by atoms with Crippen molar-refractivity contribution in [2.75, 3.05) is 0 Å². The predicted octanol–water partition coefficient (Wildman–Crippen LogP) is 4.03. The largest absolute Gasteiger partial charge is 0.287 e. The summed E-state index contributed by atoms with van der Waals surface area (Å²) in [5, 5.41) is 0. The van der Waals surface area contributed by atoms with Crippen LogP contribution >= 0.6 is 0 Å². The minimum atomic E-state index is -0.0522.